The van der Waals surface area contributed by atoms with Crippen LogP contribution in [0.2, 0.25) is 0 Å². The molecule has 422 valence electrons. The van der Waals surface area contributed by atoms with Crippen LogP contribution in [-0.4, -0.2) is 82.3 Å². The number of allylic oxidation sites excluding steroid dienone is 18. The van der Waals surface area contributed by atoms with E-state index in [1.165, 1.54) is 109 Å². The number of hydrogen-bond donors (Lipinski definition) is 0. The summed E-state index contributed by atoms with van der Waals surface area (Å²) >= 11 is 0. The van der Waals surface area contributed by atoms with Gasteiger partial charge in [-0.15, -0.1) is 0 Å². The summed E-state index contributed by atoms with van der Waals surface area (Å²) in [6.07, 6.45) is 72.9. The zero-order chi connectivity index (χ0) is 54.1. The van der Waals surface area contributed by atoms with Crippen LogP contribution < -0.4 is 5.11 Å². The first-order chi connectivity index (χ1) is 36.1. The maximum atomic E-state index is 12.8. The largest absolute Gasteiger partial charge is 0.545 e. The lowest BCUT2D eigenvalue weighted by molar-refractivity contribution is -0.870. The van der Waals surface area contributed by atoms with Gasteiger partial charge in [0, 0.05) is 12.8 Å². The number of rotatable bonds is 53. The molecular formula is C65H109NO8. The van der Waals surface area contributed by atoms with Gasteiger partial charge < -0.3 is 33.3 Å². The molecular weight excluding hydrogens is 923 g/mol. The lowest BCUT2D eigenvalue weighted by Crippen LogP contribution is -2.44. The fourth-order valence-corrected chi connectivity index (χ4v) is 7.77. The fourth-order valence-electron chi connectivity index (χ4n) is 7.77. The summed E-state index contributed by atoms with van der Waals surface area (Å²) in [5.74, 6) is -2.37. The van der Waals surface area contributed by atoms with Gasteiger partial charge in [-0.05, 0) is 77.0 Å². The Morgan fingerprint density at radius 1 is 0.419 bits per heavy atom. The quantitative estimate of drug-likeness (QED) is 0.0195. The second kappa shape index (κ2) is 55.2. The van der Waals surface area contributed by atoms with E-state index in [4.69, 9.17) is 18.9 Å². The minimum Gasteiger partial charge on any atom is -0.545 e. The highest BCUT2D eigenvalue weighted by Gasteiger charge is 2.21. The number of carbonyl (C=O) groups is 3. The summed E-state index contributed by atoms with van der Waals surface area (Å²) in [5, 5.41) is 11.8. The van der Waals surface area contributed by atoms with Crippen LogP contribution >= 0.6 is 0 Å². The molecule has 0 heterocycles. The molecule has 74 heavy (non-hydrogen) atoms. The summed E-state index contributed by atoms with van der Waals surface area (Å²) in [6, 6.07) is 0. The molecule has 0 saturated carbocycles. The second-order valence-corrected chi connectivity index (χ2v) is 20.6. The number of carboxylic acids is 1. The van der Waals surface area contributed by atoms with Crippen molar-refractivity contribution in [3.63, 3.8) is 0 Å². The smallest absolute Gasteiger partial charge is 0.306 e. The molecule has 0 saturated heterocycles. The van der Waals surface area contributed by atoms with Crippen molar-refractivity contribution in [3.8, 4) is 0 Å². The average Bonchev–Trinajstić information content (AvgIpc) is 3.37. The van der Waals surface area contributed by atoms with Crippen LogP contribution in [0, 0.1) is 0 Å². The molecule has 2 atom stereocenters. The zero-order valence-corrected chi connectivity index (χ0v) is 47.9. The number of hydrogen-bond acceptors (Lipinski definition) is 8. The maximum Gasteiger partial charge on any atom is 0.306 e. The predicted molar refractivity (Wildman–Crippen MR) is 310 cm³/mol. The Hall–Kier alpha value is -4.05. The number of aliphatic carboxylic acids is 1. The van der Waals surface area contributed by atoms with Crippen molar-refractivity contribution in [3.05, 3.63) is 109 Å². The van der Waals surface area contributed by atoms with Gasteiger partial charge in [0.1, 0.15) is 13.2 Å². The SMILES string of the molecule is CC/C=C\C/C=C\C/C=C\C/C=C\C/C=C\C/C=C\C/C=C\C/C=C\C/C=C\CCCC(=O)OC(COC(=O)CCCCCCCCCCCCCCCCCCCCCC)COC(OCC[N+](C)(C)C)C(=O)[O-]. The molecule has 0 aliphatic heterocycles. The Morgan fingerprint density at radius 3 is 1.14 bits per heavy atom. The van der Waals surface area contributed by atoms with Crippen LogP contribution in [0.1, 0.15) is 226 Å². The van der Waals surface area contributed by atoms with Crippen molar-refractivity contribution in [1.82, 2.24) is 0 Å². The van der Waals surface area contributed by atoms with Crippen molar-refractivity contribution >= 4 is 17.9 Å². The molecule has 0 N–H and O–H groups in total. The van der Waals surface area contributed by atoms with Crippen LogP contribution in [0.15, 0.2) is 109 Å². The molecule has 0 amide bonds. The number of ether oxygens (including phenoxy) is 4. The highest BCUT2D eigenvalue weighted by Crippen LogP contribution is 2.16. The van der Waals surface area contributed by atoms with E-state index in [0.29, 0.717) is 23.9 Å². The number of likely N-dealkylation sites (N-methyl/N-ethyl adjacent to an activating group) is 1. The molecule has 0 aliphatic rings. The van der Waals surface area contributed by atoms with Gasteiger partial charge in [-0.3, -0.25) is 9.59 Å². The molecule has 0 bridgehead atoms. The van der Waals surface area contributed by atoms with Crippen LogP contribution in [-0.2, 0) is 33.3 Å². The number of esters is 2. The Balaban J connectivity index is 4.38. The van der Waals surface area contributed by atoms with Gasteiger partial charge in [-0.1, -0.05) is 245 Å². The van der Waals surface area contributed by atoms with E-state index in [-0.39, 0.29) is 38.6 Å². The van der Waals surface area contributed by atoms with E-state index in [2.05, 4.69) is 123 Å². The monoisotopic (exact) mass is 1030 g/mol. The third-order valence-electron chi connectivity index (χ3n) is 12.3. The number of unbranched alkanes of at least 4 members (excludes halogenated alkanes) is 20. The zero-order valence-electron chi connectivity index (χ0n) is 47.9. The molecule has 9 heteroatoms. The van der Waals surface area contributed by atoms with Crippen LogP contribution in [0.5, 0.6) is 0 Å². The fraction of sp³-hybridized carbons (Fsp3) is 0.677. The third-order valence-corrected chi connectivity index (χ3v) is 12.3. The first-order valence-corrected chi connectivity index (χ1v) is 29.5. The molecule has 0 aromatic heterocycles. The van der Waals surface area contributed by atoms with Gasteiger partial charge in [0.05, 0.1) is 40.3 Å². The molecule has 0 spiro atoms. The number of quaternary nitrogens is 1. The van der Waals surface area contributed by atoms with E-state index in [9.17, 15) is 19.5 Å². The number of carbonyl (C=O) groups excluding carboxylic acids is 3. The van der Waals surface area contributed by atoms with Crippen molar-refractivity contribution in [1.29, 1.82) is 0 Å². The topological polar surface area (TPSA) is 111 Å². The minimum atomic E-state index is -1.64. The standard InChI is InChI=1S/C65H109NO8/c1-6-8-10-12-14-16-18-20-22-24-26-28-29-30-31-32-33-34-35-36-38-40-42-44-46-48-50-52-54-56-63(68)74-61(60-73-65(64(69)70)71-58-57-66(3,4)5)59-72-62(67)55-53-51-49-47-45-43-41-39-37-27-25-23-21-19-17-15-13-11-9-7-2/h8,10,14,16,20,22,26,28,30-31,33-34,36,38,42,44,48,50,61,65H,6-7,9,11-13,15,17-19,21,23-25,27,29,32,35,37,39-41,43,45-47,49,51-60H2,1-5H3/b10-8-,16-14-,22-20-,28-26-,31-30-,34-33-,38-36-,44-42-,50-48-. The van der Waals surface area contributed by atoms with Crippen LogP contribution in [0.3, 0.4) is 0 Å². The molecule has 0 aromatic rings. The maximum absolute atomic E-state index is 12.8. The minimum absolute atomic E-state index is 0.132. The van der Waals surface area contributed by atoms with Gasteiger partial charge in [0.25, 0.3) is 0 Å². The number of carboxylic acid groups (broad SMARTS) is 1. The third kappa shape index (κ3) is 55.7. The molecule has 0 aliphatic carbocycles. The summed E-state index contributed by atoms with van der Waals surface area (Å²) in [5.41, 5.74) is 0. The van der Waals surface area contributed by atoms with Gasteiger partial charge in [0.15, 0.2) is 12.4 Å². The molecule has 0 fully saturated rings. The number of nitrogens with zero attached hydrogens (tertiary/aromatic N) is 1. The van der Waals surface area contributed by atoms with Crippen molar-refractivity contribution in [2.24, 2.45) is 0 Å². The highest BCUT2D eigenvalue weighted by molar-refractivity contribution is 5.70. The van der Waals surface area contributed by atoms with Gasteiger partial charge >= 0.3 is 11.9 Å². The van der Waals surface area contributed by atoms with Gasteiger partial charge in [-0.2, -0.15) is 0 Å². The van der Waals surface area contributed by atoms with Crippen molar-refractivity contribution in [2.45, 2.75) is 238 Å². The summed E-state index contributed by atoms with van der Waals surface area (Å²) in [7, 11) is 5.90. The van der Waals surface area contributed by atoms with Crippen molar-refractivity contribution in [2.75, 3.05) is 47.5 Å². The molecule has 2 unspecified atom stereocenters. The lowest BCUT2D eigenvalue weighted by atomic mass is 10.0. The Bertz CT molecular complexity index is 1580. The van der Waals surface area contributed by atoms with E-state index in [1.807, 2.05) is 21.1 Å². The van der Waals surface area contributed by atoms with E-state index in [1.54, 1.807) is 0 Å². The normalized spacial score (nSPS) is 13.6. The first kappa shape index (κ1) is 70.0. The van der Waals surface area contributed by atoms with Crippen LogP contribution in [0.25, 0.3) is 0 Å². The predicted octanol–water partition coefficient (Wildman–Crippen LogP) is 16.2. The Labute approximate surface area is 454 Å². The molecule has 0 radical (unpaired) electrons. The lowest BCUT2D eigenvalue weighted by Gasteiger charge is -2.26. The van der Waals surface area contributed by atoms with E-state index in [0.717, 1.165) is 77.0 Å². The first-order valence-electron chi connectivity index (χ1n) is 29.5. The van der Waals surface area contributed by atoms with Crippen LogP contribution in [0.4, 0.5) is 0 Å². The Morgan fingerprint density at radius 2 is 0.770 bits per heavy atom. The van der Waals surface area contributed by atoms with Gasteiger partial charge in [-0.25, -0.2) is 0 Å². The Kier molecular flexibility index (Phi) is 52.2. The van der Waals surface area contributed by atoms with E-state index < -0.39 is 24.3 Å². The summed E-state index contributed by atoms with van der Waals surface area (Å²) in [6.45, 7) is 4.57. The second-order valence-electron chi connectivity index (χ2n) is 20.6. The molecule has 0 aromatic carbocycles. The summed E-state index contributed by atoms with van der Waals surface area (Å²) < 4.78 is 22.6. The average molecular weight is 1030 g/mol. The molecule has 9 nitrogen and oxygen atoms in total. The van der Waals surface area contributed by atoms with Crippen molar-refractivity contribution < 1.29 is 42.9 Å². The summed E-state index contributed by atoms with van der Waals surface area (Å²) in [4.78, 5) is 37.3. The van der Waals surface area contributed by atoms with E-state index >= 15 is 0 Å². The van der Waals surface area contributed by atoms with Gasteiger partial charge in [0.2, 0.25) is 0 Å². The highest BCUT2D eigenvalue weighted by atomic mass is 16.7. The molecule has 0 rings (SSSR count).